The SMILES string of the molecule is C[C@@H](c1nccs1)N1CC2(CCNCC2)CCC1=O. The van der Waals surface area contributed by atoms with E-state index < -0.39 is 0 Å². The number of nitrogens with one attached hydrogen (secondary N) is 1. The number of thiazole rings is 1. The lowest BCUT2D eigenvalue weighted by Crippen LogP contribution is -2.51. The Bertz CT molecular complexity index is 440. The van der Waals surface area contributed by atoms with Gasteiger partial charge in [-0.2, -0.15) is 0 Å². The molecule has 0 radical (unpaired) electrons. The zero-order chi connectivity index (χ0) is 13.3. The number of hydrogen-bond donors (Lipinski definition) is 1. The Kier molecular flexibility index (Phi) is 3.58. The number of carbonyl (C=O) groups is 1. The molecule has 2 aliphatic rings. The average Bonchev–Trinajstić information content (AvgIpc) is 2.96. The molecule has 2 fully saturated rings. The fourth-order valence-electron chi connectivity index (χ4n) is 3.34. The third-order valence-corrected chi connectivity index (χ3v) is 5.58. The molecular weight excluding hydrogens is 258 g/mol. The minimum absolute atomic E-state index is 0.125. The highest BCUT2D eigenvalue weighted by Crippen LogP contribution is 2.41. The van der Waals surface area contributed by atoms with Crippen LogP contribution in [0.4, 0.5) is 0 Å². The molecule has 3 heterocycles. The molecule has 104 valence electrons. The van der Waals surface area contributed by atoms with Gasteiger partial charge in [-0.05, 0) is 44.7 Å². The van der Waals surface area contributed by atoms with Crippen LogP contribution in [0.2, 0.25) is 0 Å². The van der Waals surface area contributed by atoms with E-state index in [0.717, 1.165) is 31.1 Å². The van der Waals surface area contributed by atoms with Gasteiger partial charge in [0.2, 0.25) is 5.91 Å². The maximum Gasteiger partial charge on any atom is 0.223 e. The lowest BCUT2D eigenvalue weighted by molar-refractivity contribution is -0.141. The van der Waals surface area contributed by atoms with E-state index in [-0.39, 0.29) is 6.04 Å². The standard InChI is InChI=1S/C14H21N3OS/c1-11(13-16-8-9-19-13)17-10-14(3-2-12(17)18)4-6-15-7-5-14/h8-9,11,15H,2-7,10H2,1H3/t11-/m0/s1. The molecule has 1 amide bonds. The second-order valence-corrected chi connectivity index (χ2v) is 6.74. The van der Waals surface area contributed by atoms with Crippen LogP contribution in [0.25, 0.3) is 0 Å². The summed E-state index contributed by atoms with van der Waals surface area (Å²) in [6.45, 7) is 5.20. The van der Waals surface area contributed by atoms with Gasteiger partial charge in [0.05, 0.1) is 6.04 Å². The molecule has 1 aromatic heterocycles. The van der Waals surface area contributed by atoms with Crippen molar-refractivity contribution < 1.29 is 4.79 Å². The highest BCUT2D eigenvalue weighted by atomic mass is 32.1. The van der Waals surface area contributed by atoms with Crippen molar-refractivity contribution >= 4 is 17.2 Å². The Labute approximate surface area is 118 Å². The number of piperidine rings is 2. The van der Waals surface area contributed by atoms with Crippen molar-refractivity contribution in [3.8, 4) is 0 Å². The summed E-state index contributed by atoms with van der Waals surface area (Å²) in [5, 5.41) is 6.47. The van der Waals surface area contributed by atoms with Gasteiger partial charge < -0.3 is 10.2 Å². The van der Waals surface area contributed by atoms with Gasteiger partial charge in [-0.15, -0.1) is 11.3 Å². The summed E-state index contributed by atoms with van der Waals surface area (Å²) < 4.78 is 0. The monoisotopic (exact) mass is 279 g/mol. The fourth-order valence-corrected chi connectivity index (χ4v) is 4.04. The third kappa shape index (κ3) is 2.54. The summed E-state index contributed by atoms with van der Waals surface area (Å²) >= 11 is 1.64. The highest BCUT2D eigenvalue weighted by Gasteiger charge is 2.41. The van der Waals surface area contributed by atoms with Crippen molar-refractivity contribution in [3.05, 3.63) is 16.6 Å². The summed E-state index contributed by atoms with van der Waals surface area (Å²) in [6.07, 6.45) is 5.98. The summed E-state index contributed by atoms with van der Waals surface area (Å²) in [7, 11) is 0. The molecule has 0 unspecified atom stereocenters. The predicted octanol–water partition coefficient (Wildman–Crippen LogP) is 2.20. The molecule has 2 saturated heterocycles. The zero-order valence-corrected chi connectivity index (χ0v) is 12.2. The Morgan fingerprint density at radius 2 is 2.21 bits per heavy atom. The normalized spacial score (nSPS) is 24.7. The topological polar surface area (TPSA) is 45.2 Å². The second-order valence-electron chi connectivity index (χ2n) is 5.82. The van der Waals surface area contributed by atoms with E-state index in [1.165, 1.54) is 12.8 Å². The number of amides is 1. The molecule has 5 heteroatoms. The Hall–Kier alpha value is -0.940. The van der Waals surface area contributed by atoms with Crippen LogP contribution in [-0.4, -0.2) is 35.4 Å². The minimum Gasteiger partial charge on any atom is -0.333 e. The maximum atomic E-state index is 12.2. The zero-order valence-electron chi connectivity index (χ0n) is 11.4. The molecule has 1 atom stereocenters. The molecule has 1 N–H and O–H groups in total. The van der Waals surface area contributed by atoms with Crippen molar-refractivity contribution in [3.63, 3.8) is 0 Å². The Morgan fingerprint density at radius 1 is 1.42 bits per heavy atom. The number of aromatic nitrogens is 1. The van der Waals surface area contributed by atoms with Crippen LogP contribution < -0.4 is 5.32 Å². The van der Waals surface area contributed by atoms with Crippen LogP contribution in [0.5, 0.6) is 0 Å². The summed E-state index contributed by atoms with van der Waals surface area (Å²) in [4.78, 5) is 18.7. The first-order valence-corrected chi connectivity index (χ1v) is 7.98. The number of rotatable bonds is 2. The smallest absolute Gasteiger partial charge is 0.223 e. The lowest BCUT2D eigenvalue weighted by Gasteiger charge is -2.46. The molecule has 0 bridgehead atoms. The molecule has 2 aliphatic heterocycles. The van der Waals surface area contributed by atoms with Crippen LogP contribution in [-0.2, 0) is 4.79 Å². The molecule has 1 spiro atoms. The van der Waals surface area contributed by atoms with Gasteiger partial charge in [0, 0.05) is 24.5 Å². The Morgan fingerprint density at radius 3 is 2.89 bits per heavy atom. The number of likely N-dealkylation sites (tertiary alicyclic amines) is 1. The molecule has 3 rings (SSSR count). The van der Waals surface area contributed by atoms with E-state index in [1.54, 1.807) is 11.3 Å². The third-order valence-electron chi connectivity index (χ3n) is 4.64. The Balaban J connectivity index is 1.77. The minimum atomic E-state index is 0.125. The van der Waals surface area contributed by atoms with E-state index in [4.69, 9.17) is 0 Å². The number of hydrogen-bond acceptors (Lipinski definition) is 4. The van der Waals surface area contributed by atoms with Crippen LogP contribution in [0.1, 0.15) is 43.7 Å². The van der Waals surface area contributed by atoms with E-state index in [0.29, 0.717) is 17.7 Å². The van der Waals surface area contributed by atoms with Gasteiger partial charge in [0.15, 0.2) is 0 Å². The average molecular weight is 279 g/mol. The van der Waals surface area contributed by atoms with Gasteiger partial charge in [0.1, 0.15) is 5.01 Å². The second kappa shape index (κ2) is 5.21. The molecule has 0 aromatic carbocycles. The maximum absolute atomic E-state index is 12.2. The predicted molar refractivity (Wildman–Crippen MR) is 76.0 cm³/mol. The van der Waals surface area contributed by atoms with E-state index >= 15 is 0 Å². The van der Waals surface area contributed by atoms with Crippen molar-refractivity contribution in [2.75, 3.05) is 19.6 Å². The van der Waals surface area contributed by atoms with E-state index in [2.05, 4.69) is 22.1 Å². The number of carbonyl (C=O) groups excluding carboxylic acids is 1. The number of nitrogens with zero attached hydrogens (tertiary/aromatic N) is 2. The van der Waals surface area contributed by atoms with Crippen LogP contribution in [0.3, 0.4) is 0 Å². The van der Waals surface area contributed by atoms with Crippen molar-refractivity contribution in [2.45, 2.75) is 38.6 Å². The summed E-state index contributed by atoms with van der Waals surface area (Å²) in [5.74, 6) is 0.298. The largest absolute Gasteiger partial charge is 0.333 e. The van der Waals surface area contributed by atoms with Gasteiger partial charge in [-0.25, -0.2) is 4.98 Å². The summed E-state index contributed by atoms with van der Waals surface area (Å²) in [5.41, 5.74) is 0.352. The van der Waals surface area contributed by atoms with Gasteiger partial charge in [-0.1, -0.05) is 0 Å². The van der Waals surface area contributed by atoms with E-state index in [1.807, 2.05) is 11.6 Å². The van der Waals surface area contributed by atoms with E-state index in [9.17, 15) is 4.79 Å². The van der Waals surface area contributed by atoms with Crippen LogP contribution >= 0.6 is 11.3 Å². The van der Waals surface area contributed by atoms with Gasteiger partial charge in [-0.3, -0.25) is 4.79 Å². The molecule has 1 aromatic rings. The van der Waals surface area contributed by atoms with Gasteiger partial charge in [0.25, 0.3) is 0 Å². The van der Waals surface area contributed by atoms with Crippen LogP contribution in [0.15, 0.2) is 11.6 Å². The first-order valence-electron chi connectivity index (χ1n) is 7.10. The molecule has 0 aliphatic carbocycles. The molecular formula is C14H21N3OS. The molecule has 4 nitrogen and oxygen atoms in total. The summed E-state index contributed by atoms with van der Waals surface area (Å²) in [6, 6.07) is 0.125. The van der Waals surface area contributed by atoms with Crippen LogP contribution in [0, 0.1) is 5.41 Å². The lowest BCUT2D eigenvalue weighted by atomic mass is 9.72. The molecule has 0 saturated carbocycles. The van der Waals surface area contributed by atoms with Gasteiger partial charge >= 0.3 is 0 Å². The first-order chi connectivity index (χ1) is 9.20. The fraction of sp³-hybridized carbons (Fsp3) is 0.714. The quantitative estimate of drug-likeness (QED) is 0.902. The van der Waals surface area contributed by atoms with Crippen molar-refractivity contribution in [1.29, 1.82) is 0 Å². The first kappa shape index (κ1) is 13.1. The van der Waals surface area contributed by atoms with Crippen molar-refractivity contribution in [1.82, 2.24) is 15.2 Å². The molecule has 19 heavy (non-hydrogen) atoms. The highest BCUT2D eigenvalue weighted by molar-refractivity contribution is 7.09. The van der Waals surface area contributed by atoms with Crippen molar-refractivity contribution in [2.24, 2.45) is 5.41 Å².